The van der Waals surface area contributed by atoms with Gasteiger partial charge in [0.1, 0.15) is 5.70 Å². The van der Waals surface area contributed by atoms with E-state index in [1.807, 2.05) is 80.6 Å². The molecule has 0 atom stereocenters. The summed E-state index contributed by atoms with van der Waals surface area (Å²) < 4.78 is 0. The zero-order chi connectivity index (χ0) is 21.3. The number of nitrogens with zero attached hydrogens (tertiary/aromatic N) is 1. The third kappa shape index (κ3) is 3.74. The molecule has 3 aromatic carbocycles. The minimum absolute atomic E-state index is 0.117. The van der Waals surface area contributed by atoms with Crippen LogP contribution in [0.3, 0.4) is 0 Å². The Morgan fingerprint density at radius 2 is 1.50 bits per heavy atom. The van der Waals surface area contributed by atoms with E-state index >= 15 is 0 Å². The van der Waals surface area contributed by atoms with Crippen LogP contribution in [0.4, 0.5) is 5.69 Å². The van der Waals surface area contributed by atoms with Crippen molar-refractivity contribution in [3.63, 3.8) is 0 Å². The zero-order valence-electron chi connectivity index (χ0n) is 16.8. The molecular weight excluding hydrogens is 396 g/mol. The first kappa shape index (κ1) is 19.9. The number of halogens is 1. The van der Waals surface area contributed by atoms with Crippen LogP contribution in [0.1, 0.15) is 22.3 Å². The first-order valence-electron chi connectivity index (χ1n) is 9.69. The number of carbonyl (C=O) groups is 2. The summed E-state index contributed by atoms with van der Waals surface area (Å²) in [4.78, 5) is 28.0. The highest BCUT2D eigenvalue weighted by atomic mass is 35.5. The number of hydrogen-bond acceptors (Lipinski definition) is 3. The summed E-state index contributed by atoms with van der Waals surface area (Å²) in [5.74, 6) is -0.696. The number of benzene rings is 3. The average Bonchev–Trinajstić information content (AvgIpc) is 2.96. The molecule has 1 heterocycles. The van der Waals surface area contributed by atoms with Crippen LogP contribution >= 0.6 is 11.6 Å². The molecule has 0 radical (unpaired) electrons. The number of para-hydroxylation sites is 1. The molecule has 0 aliphatic carbocycles. The lowest BCUT2D eigenvalue weighted by Gasteiger charge is -2.16. The van der Waals surface area contributed by atoms with Crippen LogP contribution in [-0.2, 0) is 16.1 Å². The van der Waals surface area contributed by atoms with Crippen molar-refractivity contribution in [2.24, 2.45) is 0 Å². The molecule has 0 fully saturated rings. The van der Waals surface area contributed by atoms with Crippen LogP contribution in [0.2, 0.25) is 5.02 Å². The number of aryl methyl sites for hydroxylation is 2. The normalized spacial score (nSPS) is 13.9. The topological polar surface area (TPSA) is 49.4 Å². The fourth-order valence-corrected chi connectivity index (χ4v) is 3.66. The van der Waals surface area contributed by atoms with Gasteiger partial charge in [0.25, 0.3) is 11.8 Å². The summed E-state index contributed by atoms with van der Waals surface area (Å²) in [7, 11) is 0. The highest BCUT2D eigenvalue weighted by Crippen LogP contribution is 2.33. The lowest BCUT2D eigenvalue weighted by Crippen LogP contribution is -2.32. The van der Waals surface area contributed by atoms with E-state index < -0.39 is 0 Å². The van der Waals surface area contributed by atoms with E-state index in [0.29, 0.717) is 16.2 Å². The monoisotopic (exact) mass is 416 g/mol. The van der Waals surface area contributed by atoms with Gasteiger partial charge in [-0.2, -0.15) is 0 Å². The van der Waals surface area contributed by atoms with E-state index in [1.54, 1.807) is 6.07 Å². The van der Waals surface area contributed by atoms with Gasteiger partial charge in [0.15, 0.2) is 0 Å². The molecule has 0 unspecified atom stereocenters. The SMILES string of the molecule is Cc1ccc(C2=C(Nc3ccccc3C)C(=O)N(Cc3ccccc3Cl)C2=O)cc1. The van der Waals surface area contributed by atoms with Crippen molar-refractivity contribution in [1.29, 1.82) is 0 Å². The molecule has 30 heavy (non-hydrogen) atoms. The molecule has 2 amide bonds. The molecule has 0 saturated carbocycles. The average molecular weight is 417 g/mol. The summed E-state index contributed by atoms with van der Waals surface area (Å²) in [6.07, 6.45) is 0. The van der Waals surface area contributed by atoms with Gasteiger partial charge in [-0.15, -0.1) is 0 Å². The van der Waals surface area contributed by atoms with Crippen molar-refractivity contribution in [3.8, 4) is 0 Å². The largest absolute Gasteiger partial charge is 0.350 e. The van der Waals surface area contributed by atoms with Gasteiger partial charge < -0.3 is 5.32 Å². The number of anilines is 1. The number of carbonyl (C=O) groups excluding carboxylic acids is 2. The van der Waals surface area contributed by atoms with Crippen molar-refractivity contribution in [2.75, 3.05) is 5.32 Å². The van der Waals surface area contributed by atoms with Gasteiger partial charge in [0.2, 0.25) is 0 Å². The lowest BCUT2D eigenvalue weighted by atomic mass is 10.0. The standard InChI is InChI=1S/C25H21ClN2O2/c1-16-11-13-18(14-12-16)22-23(27-21-10-6-3-7-17(21)2)25(30)28(24(22)29)15-19-8-4-5-9-20(19)26/h3-14,27H,15H2,1-2H3. The smallest absolute Gasteiger partial charge is 0.278 e. The summed E-state index contributed by atoms with van der Waals surface area (Å²) in [6, 6.07) is 22.5. The van der Waals surface area contributed by atoms with E-state index in [-0.39, 0.29) is 24.1 Å². The van der Waals surface area contributed by atoms with E-state index in [2.05, 4.69) is 5.32 Å². The number of hydrogen-bond donors (Lipinski definition) is 1. The molecule has 4 rings (SSSR count). The lowest BCUT2D eigenvalue weighted by molar-refractivity contribution is -0.137. The molecular formula is C25H21ClN2O2. The number of amides is 2. The number of nitrogens with one attached hydrogen (secondary N) is 1. The van der Waals surface area contributed by atoms with Crippen molar-refractivity contribution < 1.29 is 9.59 Å². The maximum absolute atomic E-state index is 13.4. The molecule has 1 aliphatic rings. The maximum atomic E-state index is 13.4. The van der Waals surface area contributed by atoms with Crippen LogP contribution in [0, 0.1) is 13.8 Å². The fraction of sp³-hybridized carbons (Fsp3) is 0.120. The van der Waals surface area contributed by atoms with Crippen molar-refractivity contribution in [1.82, 2.24) is 4.90 Å². The van der Waals surface area contributed by atoms with Crippen LogP contribution < -0.4 is 5.32 Å². The number of rotatable bonds is 5. The Morgan fingerprint density at radius 3 is 2.20 bits per heavy atom. The highest BCUT2D eigenvalue weighted by Gasteiger charge is 2.39. The third-order valence-electron chi connectivity index (χ3n) is 5.20. The molecule has 1 aliphatic heterocycles. The molecule has 0 saturated heterocycles. The van der Waals surface area contributed by atoms with Gasteiger partial charge >= 0.3 is 0 Å². The molecule has 0 spiro atoms. The van der Waals surface area contributed by atoms with Crippen molar-refractivity contribution in [2.45, 2.75) is 20.4 Å². The van der Waals surface area contributed by atoms with Gasteiger partial charge in [0.05, 0.1) is 12.1 Å². The van der Waals surface area contributed by atoms with Crippen LogP contribution in [-0.4, -0.2) is 16.7 Å². The van der Waals surface area contributed by atoms with Gasteiger partial charge in [-0.1, -0.05) is 77.8 Å². The second-order valence-corrected chi connectivity index (χ2v) is 7.75. The second kappa shape index (κ2) is 8.17. The predicted molar refractivity (Wildman–Crippen MR) is 120 cm³/mol. The Kier molecular flexibility index (Phi) is 5.42. The van der Waals surface area contributed by atoms with E-state index in [0.717, 1.165) is 22.4 Å². The Bertz CT molecular complexity index is 1170. The maximum Gasteiger partial charge on any atom is 0.278 e. The Morgan fingerprint density at radius 1 is 0.833 bits per heavy atom. The van der Waals surface area contributed by atoms with Crippen molar-refractivity contribution in [3.05, 3.63) is 106 Å². The van der Waals surface area contributed by atoms with Gasteiger partial charge in [-0.25, -0.2) is 0 Å². The zero-order valence-corrected chi connectivity index (χ0v) is 17.5. The quantitative estimate of drug-likeness (QED) is 0.570. The first-order chi connectivity index (χ1) is 14.5. The van der Waals surface area contributed by atoms with E-state index in [9.17, 15) is 9.59 Å². The van der Waals surface area contributed by atoms with Gasteiger partial charge in [-0.3, -0.25) is 14.5 Å². The summed E-state index contributed by atoms with van der Waals surface area (Å²) in [5.41, 5.74) is 4.94. The molecule has 1 N–H and O–H groups in total. The summed E-state index contributed by atoms with van der Waals surface area (Å²) in [6.45, 7) is 4.05. The first-order valence-corrected chi connectivity index (χ1v) is 10.1. The van der Waals surface area contributed by atoms with Crippen LogP contribution in [0.25, 0.3) is 5.57 Å². The van der Waals surface area contributed by atoms with Gasteiger partial charge in [-0.05, 0) is 42.7 Å². The fourth-order valence-electron chi connectivity index (χ4n) is 3.47. The second-order valence-electron chi connectivity index (χ2n) is 7.34. The molecule has 4 nitrogen and oxygen atoms in total. The minimum Gasteiger partial charge on any atom is -0.350 e. The number of imide groups is 1. The molecule has 5 heteroatoms. The van der Waals surface area contributed by atoms with Gasteiger partial charge in [0, 0.05) is 10.7 Å². The molecule has 150 valence electrons. The molecule has 3 aromatic rings. The molecule has 0 bridgehead atoms. The van der Waals surface area contributed by atoms with E-state index in [4.69, 9.17) is 11.6 Å². The molecule has 0 aromatic heterocycles. The van der Waals surface area contributed by atoms with Crippen molar-refractivity contribution >= 4 is 34.7 Å². The van der Waals surface area contributed by atoms with E-state index in [1.165, 1.54) is 4.90 Å². The minimum atomic E-state index is -0.362. The Balaban J connectivity index is 1.77. The van der Waals surface area contributed by atoms with Crippen LogP contribution in [0.15, 0.2) is 78.5 Å². The summed E-state index contributed by atoms with van der Waals surface area (Å²) >= 11 is 6.28. The Labute approximate surface area is 180 Å². The van der Waals surface area contributed by atoms with Crippen LogP contribution in [0.5, 0.6) is 0 Å². The highest BCUT2D eigenvalue weighted by molar-refractivity contribution is 6.36. The predicted octanol–water partition coefficient (Wildman–Crippen LogP) is 5.35. The third-order valence-corrected chi connectivity index (χ3v) is 5.57. The Hall–Kier alpha value is -3.37. The summed E-state index contributed by atoms with van der Waals surface area (Å²) in [5, 5.41) is 3.74.